The van der Waals surface area contributed by atoms with E-state index in [1.807, 2.05) is 20.8 Å². The topological polar surface area (TPSA) is 41.6 Å². The summed E-state index contributed by atoms with van der Waals surface area (Å²) >= 11 is 17.2. The van der Waals surface area contributed by atoms with Crippen molar-refractivity contribution >= 4 is 34.8 Å². The Kier molecular flexibility index (Phi) is 2.81. The number of aromatic nitrogens is 3. The highest BCUT2D eigenvalue weighted by Gasteiger charge is 2.34. The van der Waals surface area contributed by atoms with E-state index in [0.717, 1.165) is 0 Å². The van der Waals surface area contributed by atoms with Crippen molar-refractivity contribution in [2.75, 3.05) is 0 Å². The molecule has 0 saturated carbocycles. The molecule has 13 heavy (non-hydrogen) atoms. The van der Waals surface area contributed by atoms with Gasteiger partial charge in [-0.1, -0.05) is 55.6 Å². The molecule has 0 radical (unpaired) electrons. The summed E-state index contributed by atoms with van der Waals surface area (Å²) in [6.45, 7) is 5.93. The highest BCUT2D eigenvalue weighted by atomic mass is 35.6. The lowest BCUT2D eigenvalue weighted by Crippen LogP contribution is -2.17. The molecule has 1 heterocycles. The summed E-state index contributed by atoms with van der Waals surface area (Å²) in [5.41, 5.74) is 0.851. The zero-order valence-corrected chi connectivity index (χ0v) is 9.80. The quantitative estimate of drug-likeness (QED) is 0.711. The van der Waals surface area contributed by atoms with E-state index in [-0.39, 0.29) is 5.41 Å². The Morgan fingerprint density at radius 3 is 1.77 bits per heavy atom. The van der Waals surface area contributed by atoms with Crippen LogP contribution in [0.3, 0.4) is 0 Å². The molecule has 0 atom stereocenters. The molecular formula is C7H10Cl3N3. The Morgan fingerprint density at radius 2 is 1.46 bits per heavy atom. The summed E-state index contributed by atoms with van der Waals surface area (Å²) in [5, 5.41) is 10.2. The molecule has 0 aliphatic heterocycles. The Balaban J connectivity index is 3.19. The van der Waals surface area contributed by atoms with Gasteiger partial charge in [0.05, 0.1) is 5.69 Å². The third-order valence-electron chi connectivity index (χ3n) is 1.53. The monoisotopic (exact) mass is 241 g/mol. The number of hydrogen-bond donors (Lipinski definition) is 1. The lowest BCUT2D eigenvalue weighted by Gasteiger charge is -2.18. The van der Waals surface area contributed by atoms with E-state index >= 15 is 0 Å². The highest BCUT2D eigenvalue weighted by Crippen LogP contribution is 2.40. The normalized spacial score (nSPS) is 13.4. The molecule has 0 unspecified atom stereocenters. The number of H-pyrrole nitrogens is 1. The molecule has 6 heteroatoms. The summed E-state index contributed by atoms with van der Waals surface area (Å²) in [6, 6.07) is 0. The summed E-state index contributed by atoms with van der Waals surface area (Å²) in [6.07, 6.45) is 0. The number of rotatable bonds is 0. The molecule has 1 N–H and O–H groups in total. The molecule has 0 aliphatic carbocycles. The van der Waals surface area contributed by atoms with Crippen molar-refractivity contribution in [1.82, 2.24) is 15.4 Å². The van der Waals surface area contributed by atoms with Gasteiger partial charge in [0.2, 0.25) is 3.79 Å². The maximum Gasteiger partial charge on any atom is 0.236 e. The van der Waals surface area contributed by atoms with E-state index in [1.165, 1.54) is 0 Å². The fourth-order valence-electron chi connectivity index (χ4n) is 0.951. The Hall–Kier alpha value is 0.01000. The first-order valence-electron chi connectivity index (χ1n) is 3.71. The number of halogens is 3. The number of hydrogen-bond acceptors (Lipinski definition) is 2. The molecule has 0 aliphatic rings. The van der Waals surface area contributed by atoms with Crippen molar-refractivity contribution in [3.05, 3.63) is 11.4 Å². The predicted molar refractivity (Wildman–Crippen MR) is 54.3 cm³/mol. The summed E-state index contributed by atoms with van der Waals surface area (Å²) < 4.78 is -1.52. The molecule has 0 bridgehead atoms. The van der Waals surface area contributed by atoms with Gasteiger partial charge in [0, 0.05) is 5.41 Å². The van der Waals surface area contributed by atoms with Gasteiger partial charge in [0.15, 0.2) is 0 Å². The Labute approximate surface area is 91.8 Å². The first-order chi connectivity index (χ1) is 5.73. The van der Waals surface area contributed by atoms with E-state index in [1.54, 1.807) is 0 Å². The van der Waals surface area contributed by atoms with E-state index in [9.17, 15) is 0 Å². The lowest BCUT2D eigenvalue weighted by atomic mass is 9.91. The zero-order valence-electron chi connectivity index (χ0n) is 7.53. The molecule has 0 spiro atoms. The molecule has 0 aromatic carbocycles. The molecule has 0 amide bonds. The van der Waals surface area contributed by atoms with Crippen LogP contribution in [-0.2, 0) is 9.21 Å². The van der Waals surface area contributed by atoms with E-state index in [4.69, 9.17) is 34.8 Å². The first kappa shape index (κ1) is 11.1. The van der Waals surface area contributed by atoms with Crippen molar-refractivity contribution in [3.8, 4) is 0 Å². The molecule has 3 nitrogen and oxygen atoms in total. The van der Waals surface area contributed by atoms with Crippen LogP contribution in [0.5, 0.6) is 0 Å². The molecule has 1 rings (SSSR count). The van der Waals surface area contributed by atoms with Gasteiger partial charge in [-0.05, 0) is 0 Å². The van der Waals surface area contributed by atoms with Gasteiger partial charge >= 0.3 is 0 Å². The average molecular weight is 243 g/mol. The van der Waals surface area contributed by atoms with Crippen LogP contribution in [0.15, 0.2) is 0 Å². The molecule has 0 fully saturated rings. The van der Waals surface area contributed by atoms with Crippen molar-refractivity contribution < 1.29 is 0 Å². The Morgan fingerprint density at radius 1 is 1.00 bits per heavy atom. The van der Waals surface area contributed by atoms with Crippen LogP contribution in [0.2, 0.25) is 0 Å². The van der Waals surface area contributed by atoms with Crippen LogP contribution in [-0.4, -0.2) is 15.4 Å². The summed E-state index contributed by atoms with van der Waals surface area (Å²) in [7, 11) is 0. The van der Waals surface area contributed by atoms with E-state index in [0.29, 0.717) is 11.4 Å². The van der Waals surface area contributed by atoms with Crippen molar-refractivity contribution in [1.29, 1.82) is 0 Å². The van der Waals surface area contributed by atoms with Gasteiger partial charge < -0.3 is 0 Å². The van der Waals surface area contributed by atoms with Gasteiger partial charge in [0.1, 0.15) is 5.69 Å². The van der Waals surface area contributed by atoms with Crippen LogP contribution in [0.1, 0.15) is 32.2 Å². The molecular weight excluding hydrogens is 232 g/mol. The van der Waals surface area contributed by atoms with Crippen molar-refractivity contribution in [2.24, 2.45) is 0 Å². The van der Waals surface area contributed by atoms with Crippen molar-refractivity contribution in [2.45, 2.75) is 30.0 Å². The summed E-state index contributed by atoms with van der Waals surface area (Å²) in [4.78, 5) is 0. The van der Waals surface area contributed by atoms with E-state index in [2.05, 4.69) is 15.4 Å². The smallest absolute Gasteiger partial charge is 0.197 e. The van der Waals surface area contributed by atoms with Gasteiger partial charge in [-0.25, -0.2) is 0 Å². The molecule has 1 aromatic rings. The maximum atomic E-state index is 5.72. The SMILES string of the molecule is CC(C)(C)c1n[nH]nc1C(Cl)(Cl)Cl. The summed E-state index contributed by atoms with van der Waals surface area (Å²) in [5.74, 6) is 0. The fourth-order valence-corrected chi connectivity index (χ4v) is 1.35. The van der Waals surface area contributed by atoms with Crippen LogP contribution in [0.25, 0.3) is 0 Å². The second-order valence-corrected chi connectivity index (χ2v) is 6.05. The third kappa shape index (κ3) is 2.48. The van der Waals surface area contributed by atoms with E-state index < -0.39 is 3.79 Å². The zero-order chi connectivity index (χ0) is 10.3. The highest BCUT2D eigenvalue weighted by molar-refractivity contribution is 6.66. The van der Waals surface area contributed by atoms with Gasteiger partial charge in [0.25, 0.3) is 0 Å². The number of alkyl halides is 3. The van der Waals surface area contributed by atoms with Crippen LogP contribution in [0.4, 0.5) is 0 Å². The average Bonchev–Trinajstić information content (AvgIpc) is 2.27. The minimum absolute atomic E-state index is 0.188. The van der Waals surface area contributed by atoms with Crippen LogP contribution in [0, 0.1) is 0 Å². The minimum Gasteiger partial charge on any atom is -0.197 e. The van der Waals surface area contributed by atoms with Crippen LogP contribution < -0.4 is 0 Å². The molecule has 74 valence electrons. The predicted octanol–water partition coefficient (Wildman–Crippen LogP) is 2.93. The fraction of sp³-hybridized carbons (Fsp3) is 0.714. The maximum absolute atomic E-state index is 5.72. The number of nitrogens with zero attached hydrogens (tertiary/aromatic N) is 2. The Bertz CT molecular complexity index is 266. The van der Waals surface area contributed by atoms with Gasteiger partial charge in [-0.15, -0.1) is 0 Å². The second kappa shape index (κ2) is 3.30. The largest absolute Gasteiger partial charge is 0.236 e. The standard InChI is InChI=1S/C7H10Cl3N3/c1-6(2,3)4-5(7(8,9)10)12-13-11-4/h1-3H3,(H,11,12,13). The van der Waals surface area contributed by atoms with Crippen LogP contribution >= 0.6 is 34.8 Å². The molecule has 0 saturated heterocycles. The second-order valence-electron chi connectivity index (χ2n) is 3.77. The van der Waals surface area contributed by atoms with Crippen molar-refractivity contribution in [3.63, 3.8) is 0 Å². The lowest BCUT2D eigenvalue weighted by molar-refractivity contribution is 0.561. The molecule has 1 aromatic heterocycles. The van der Waals surface area contributed by atoms with Gasteiger partial charge in [-0.2, -0.15) is 15.4 Å². The number of aromatic amines is 1. The van der Waals surface area contributed by atoms with Gasteiger partial charge in [-0.3, -0.25) is 0 Å². The third-order valence-corrected chi connectivity index (χ3v) is 2.06. The minimum atomic E-state index is -1.52. The number of nitrogens with one attached hydrogen (secondary N) is 1. The first-order valence-corrected chi connectivity index (χ1v) is 4.85.